The number of hydrogen-bond donors (Lipinski definition) is 0. The number of benzene rings is 4. The van der Waals surface area contributed by atoms with Crippen LogP contribution in [0.2, 0.25) is 0 Å². The number of aromatic nitrogens is 1. The molecule has 31 heavy (non-hydrogen) atoms. The number of fused-ring (bicyclic) bond motifs is 5. The highest BCUT2D eigenvalue weighted by Crippen LogP contribution is 2.51. The maximum Gasteiger partial charge on any atom is 0.222 e. The lowest BCUT2D eigenvalue weighted by molar-refractivity contribution is -0.659. The Balaban J connectivity index is 1.76. The molecule has 4 aromatic carbocycles. The molecule has 0 atom stereocenters. The summed E-state index contributed by atoms with van der Waals surface area (Å²) >= 11 is 1.93. The molecular weight excluding hydrogens is 394 g/mol. The third-order valence-corrected chi connectivity index (χ3v) is 7.88. The fourth-order valence-electron chi connectivity index (χ4n) is 5.10. The van der Waals surface area contributed by atoms with Crippen molar-refractivity contribution in [2.75, 3.05) is 0 Å². The van der Waals surface area contributed by atoms with Crippen molar-refractivity contribution < 1.29 is 4.57 Å². The first-order chi connectivity index (χ1) is 14.8. The smallest absolute Gasteiger partial charge is 0.200 e. The third-order valence-electron chi connectivity index (χ3n) is 6.79. The van der Waals surface area contributed by atoms with Crippen LogP contribution in [-0.2, 0) is 12.5 Å². The average molecular weight is 421 g/mol. The number of nitrogens with zero attached hydrogens (tertiary/aromatic N) is 1. The van der Waals surface area contributed by atoms with Crippen LogP contribution in [0.4, 0.5) is 0 Å². The molecule has 0 fully saturated rings. The first kappa shape index (κ1) is 18.9. The van der Waals surface area contributed by atoms with Crippen molar-refractivity contribution in [3.8, 4) is 11.3 Å². The first-order valence-corrected chi connectivity index (χ1v) is 11.7. The zero-order chi connectivity index (χ0) is 21.5. The highest BCUT2D eigenvalue weighted by atomic mass is 32.2. The molecule has 0 saturated heterocycles. The molecule has 0 radical (unpaired) electrons. The van der Waals surface area contributed by atoms with Crippen molar-refractivity contribution in [1.29, 1.82) is 0 Å². The molecule has 1 aliphatic rings. The largest absolute Gasteiger partial charge is 0.222 e. The summed E-state index contributed by atoms with van der Waals surface area (Å²) in [5, 5.41) is 8.08. The molecule has 0 unspecified atom stereocenters. The Bertz CT molecular complexity index is 1550. The van der Waals surface area contributed by atoms with Crippen LogP contribution in [-0.4, -0.2) is 0 Å². The summed E-state index contributed by atoms with van der Waals surface area (Å²) in [4.78, 5) is 2.72. The van der Waals surface area contributed by atoms with E-state index in [1.54, 1.807) is 0 Å². The van der Waals surface area contributed by atoms with Crippen LogP contribution < -0.4 is 4.57 Å². The Morgan fingerprint density at radius 1 is 0.774 bits per heavy atom. The standard InChI is InChI=1S/C29H26NS/c1-17-21-9-7-6-8-18(21)15-24-26(17)28-27-23(12-13-30(28)5)22-11-10-20(29(2,3)4)14-19(22)16-25(27)31-24/h6-16H,1-5H3/q+1. The van der Waals surface area contributed by atoms with Gasteiger partial charge >= 0.3 is 0 Å². The van der Waals surface area contributed by atoms with Crippen LogP contribution in [0.15, 0.2) is 76.7 Å². The van der Waals surface area contributed by atoms with Gasteiger partial charge in [-0.05, 0) is 57.1 Å². The number of aryl methyl sites for hydroxylation is 2. The van der Waals surface area contributed by atoms with Crippen LogP contribution >= 0.6 is 11.8 Å². The summed E-state index contributed by atoms with van der Waals surface area (Å²) in [6, 6.07) is 22.9. The summed E-state index contributed by atoms with van der Waals surface area (Å²) in [5.74, 6) is 0. The van der Waals surface area contributed by atoms with E-state index in [0.717, 1.165) is 0 Å². The van der Waals surface area contributed by atoms with Crippen LogP contribution in [0.5, 0.6) is 0 Å². The molecule has 1 aliphatic heterocycles. The predicted molar refractivity (Wildman–Crippen MR) is 133 cm³/mol. The zero-order valence-corrected chi connectivity index (χ0v) is 19.5. The first-order valence-electron chi connectivity index (χ1n) is 10.9. The van der Waals surface area contributed by atoms with Gasteiger partial charge in [-0.2, -0.15) is 0 Å². The highest BCUT2D eigenvalue weighted by molar-refractivity contribution is 7.99. The lowest BCUT2D eigenvalue weighted by Gasteiger charge is -2.23. The van der Waals surface area contributed by atoms with Gasteiger partial charge in [0.15, 0.2) is 6.20 Å². The summed E-state index contributed by atoms with van der Waals surface area (Å²) in [7, 11) is 2.18. The second kappa shape index (κ2) is 6.34. The molecule has 1 nitrogen and oxygen atoms in total. The quantitative estimate of drug-likeness (QED) is 0.180. The fraction of sp³-hybridized carbons (Fsp3) is 0.207. The van der Waals surface area contributed by atoms with Gasteiger partial charge in [-0.15, -0.1) is 0 Å². The Morgan fingerprint density at radius 2 is 1.55 bits per heavy atom. The average Bonchev–Trinajstić information content (AvgIpc) is 2.74. The molecule has 0 saturated carbocycles. The van der Waals surface area contributed by atoms with E-state index in [0.29, 0.717) is 0 Å². The monoisotopic (exact) mass is 420 g/mol. The van der Waals surface area contributed by atoms with Crippen LogP contribution in [0, 0.1) is 6.92 Å². The van der Waals surface area contributed by atoms with E-state index < -0.39 is 0 Å². The maximum atomic E-state index is 2.41. The SMILES string of the molecule is Cc1c2c(cc3ccccc13)Sc1cc3cc(C(C)(C)C)ccc3c3cc[n+](C)c-2c13. The van der Waals surface area contributed by atoms with Gasteiger partial charge in [-0.25, -0.2) is 4.57 Å². The van der Waals surface area contributed by atoms with Crippen molar-refractivity contribution in [1.82, 2.24) is 0 Å². The second-order valence-electron chi connectivity index (χ2n) is 9.82. The molecule has 0 amide bonds. The van der Waals surface area contributed by atoms with Crippen LogP contribution in [0.3, 0.4) is 0 Å². The van der Waals surface area contributed by atoms with Crippen molar-refractivity contribution >= 4 is 44.1 Å². The van der Waals surface area contributed by atoms with E-state index in [1.807, 2.05) is 11.8 Å². The normalized spacial score (nSPS) is 13.2. The van der Waals surface area contributed by atoms with Crippen LogP contribution in [0.25, 0.3) is 43.6 Å². The predicted octanol–water partition coefficient (Wildman–Crippen LogP) is 7.71. The fourth-order valence-corrected chi connectivity index (χ4v) is 6.37. The highest BCUT2D eigenvalue weighted by Gasteiger charge is 2.30. The minimum atomic E-state index is 0.143. The minimum Gasteiger partial charge on any atom is -0.200 e. The molecule has 0 spiro atoms. The number of pyridine rings is 1. The van der Waals surface area contributed by atoms with Crippen molar-refractivity contribution in [2.24, 2.45) is 7.05 Å². The minimum absolute atomic E-state index is 0.143. The molecular formula is C29H26NS+. The summed E-state index contributed by atoms with van der Waals surface area (Å²) in [5.41, 5.74) is 5.62. The van der Waals surface area contributed by atoms with Crippen molar-refractivity contribution in [3.05, 3.63) is 78.0 Å². The zero-order valence-electron chi connectivity index (χ0n) is 18.7. The lowest BCUT2D eigenvalue weighted by Crippen LogP contribution is -2.31. The molecule has 2 heteroatoms. The second-order valence-corrected chi connectivity index (χ2v) is 10.9. The number of hydrogen-bond acceptors (Lipinski definition) is 1. The van der Waals surface area contributed by atoms with Gasteiger partial charge in [0.2, 0.25) is 5.69 Å². The lowest BCUT2D eigenvalue weighted by atomic mass is 9.85. The van der Waals surface area contributed by atoms with Crippen molar-refractivity contribution in [3.63, 3.8) is 0 Å². The van der Waals surface area contributed by atoms with Crippen molar-refractivity contribution in [2.45, 2.75) is 42.9 Å². The third kappa shape index (κ3) is 2.68. The molecule has 0 N–H and O–H groups in total. The molecule has 0 aliphatic carbocycles. The Labute approximate surface area is 187 Å². The van der Waals surface area contributed by atoms with Gasteiger partial charge in [-0.3, -0.25) is 0 Å². The van der Waals surface area contributed by atoms with E-state index >= 15 is 0 Å². The molecule has 6 rings (SSSR count). The topological polar surface area (TPSA) is 3.88 Å². The van der Waals surface area contributed by atoms with Gasteiger partial charge in [-0.1, -0.05) is 75.0 Å². The van der Waals surface area contributed by atoms with E-state index in [1.165, 1.54) is 64.5 Å². The molecule has 1 aromatic heterocycles. The molecule has 2 heterocycles. The van der Waals surface area contributed by atoms with Crippen LogP contribution in [0.1, 0.15) is 31.9 Å². The van der Waals surface area contributed by atoms with E-state index in [-0.39, 0.29) is 5.41 Å². The van der Waals surface area contributed by atoms with Gasteiger partial charge in [0.1, 0.15) is 7.05 Å². The Kier molecular flexibility index (Phi) is 3.86. The van der Waals surface area contributed by atoms with E-state index in [9.17, 15) is 0 Å². The van der Waals surface area contributed by atoms with E-state index in [2.05, 4.69) is 106 Å². The van der Waals surface area contributed by atoms with Gasteiger partial charge in [0, 0.05) is 21.2 Å². The maximum absolute atomic E-state index is 2.41. The Hall–Kier alpha value is -2.84. The van der Waals surface area contributed by atoms with Gasteiger partial charge < -0.3 is 0 Å². The summed E-state index contributed by atoms with van der Waals surface area (Å²) in [6.07, 6.45) is 2.23. The van der Waals surface area contributed by atoms with Gasteiger partial charge in [0.25, 0.3) is 0 Å². The molecule has 152 valence electrons. The summed E-state index contributed by atoms with van der Waals surface area (Å²) in [6.45, 7) is 9.14. The van der Waals surface area contributed by atoms with Gasteiger partial charge in [0.05, 0.1) is 10.9 Å². The summed E-state index contributed by atoms with van der Waals surface area (Å²) < 4.78 is 2.31. The number of rotatable bonds is 0. The van der Waals surface area contributed by atoms with E-state index in [4.69, 9.17) is 0 Å². The Morgan fingerprint density at radius 3 is 2.35 bits per heavy atom. The molecule has 0 bridgehead atoms. The molecule has 5 aromatic rings.